The van der Waals surface area contributed by atoms with Gasteiger partial charge in [0.25, 0.3) is 5.91 Å². The number of halogens is 3. The van der Waals surface area contributed by atoms with Crippen molar-refractivity contribution in [3.05, 3.63) is 47.2 Å². The van der Waals surface area contributed by atoms with Crippen LogP contribution in [0, 0.1) is 12.3 Å². The van der Waals surface area contributed by atoms with Gasteiger partial charge in [0.2, 0.25) is 5.88 Å². The van der Waals surface area contributed by atoms with Crippen molar-refractivity contribution in [2.24, 2.45) is 0 Å². The maximum absolute atomic E-state index is 13.0. The molecule has 0 saturated heterocycles. The number of hydrogen-bond donors (Lipinski definition) is 2. The Hall–Kier alpha value is -3.21. The molecule has 0 aromatic carbocycles. The molecule has 33 heavy (non-hydrogen) atoms. The number of rotatable bonds is 10. The van der Waals surface area contributed by atoms with Gasteiger partial charge in [-0.05, 0) is 31.9 Å². The Morgan fingerprint density at radius 3 is 2.70 bits per heavy atom. The first-order valence-corrected chi connectivity index (χ1v) is 10.2. The first-order chi connectivity index (χ1) is 15.4. The van der Waals surface area contributed by atoms with Crippen LogP contribution in [0.15, 0.2) is 36.1 Å². The van der Waals surface area contributed by atoms with Gasteiger partial charge < -0.3 is 24.4 Å². The van der Waals surface area contributed by atoms with Crippen LogP contribution in [0.4, 0.5) is 13.2 Å². The second-order valence-electron chi connectivity index (χ2n) is 7.76. The van der Waals surface area contributed by atoms with Crippen LogP contribution in [0.25, 0.3) is 0 Å². The average Bonchev–Trinajstić information content (AvgIpc) is 3.10. The number of nitrogens with one attached hydrogen (secondary N) is 1. The highest BCUT2D eigenvalue weighted by atomic mass is 19.4. The van der Waals surface area contributed by atoms with Crippen LogP contribution in [0.3, 0.4) is 0 Å². The molecule has 2 rings (SSSR count). The Kier molecular flexibility index (Phi) is 8.37. The number of nitrogens with zero attached hydrogens (tertiary/aromatic N) is 3. The lowest BCUT2D eigenvalue weighted by Gasteiger charge is -2.27. The van der Waals surface area contributed by atoms with Crippen LogP contribution >= 0.6 is 0 Å². The summed E-state index contributed by atoms with van der Waals surface area (Å²) in [4.78, 5) is 30.6. The standard InChI is InChI=1S/C22H27F3N4O4/c1-5-17-18(19(26)28(4)7-6-16(31)11-30)10-29(21(17)32)14(3)15-8-13(2)20(27-9-15)33-12-22(23,24)25/h5,8-9,11,14,16,26,31H,1,6-7,10,12H2,2-4H3. The fourth-order valence-electron chi connectivity index (χ4n) is 3.37. The van der Waals surface area contributed by atoms with Crippen molar-refractivity contribution in [1.29, 1.82) is 5.41 Å². The molecule has 2 unspecified atom stereocenters. The lowest BCUT2D eigenvalue weighted by Crippen LogP contribution is -2.34. The molecule has 2 atom stereocenters. The number of alkyl halides is 3. The number of aromatic nitrogens is 1. The summed E-state index contributed by atoms with van der Waals surface area (Å²) in [5.41, 5.74) is 1.71. The molecule has 1 aromatic rings. The SMILES string of the molecule is C=CC1=C(C(=N)N(C)CCC(O)C=O)CN(C(C)c2cnc(OCC(F)(F)F)c(C)c2)C1=O. The predicted octanol–water partition coefficient (Wildman–Crippen LogP) is 2.58. The molecule has 0 bridgehead atoms. The smallest absolute Gasteiger partial charge is 0.422 e. The van der Waals surface area contributed by atoms with Gasteiger partial charge in [-0.25, -0.2) is 4.98 Å². The topological polar surface area (TPSA) is 107 Å². The number of aliphatic hydroxyl groups excluding tert-OH is 1. The number of amides is 1. The molecule has 1 aliphatic rings. The number of ether oxygens (including phenoxy) is 1. The third-order valence-corrected chi connectivity index (χ3v) is 5.31. The number of aldehydes is 1. The quantitative estimate of drug-likeness (QED) is 0.311. The molecular formula is C22H27F3N4O4. The number of carbonyl (C=O) groups is 2. The summed E-state index contributed by atoms with van der Waals surface area (Å²) in [5, 5.41) is 17.9. The number of aryl methyl sites for hydroxylation is 1. The van der Waals surface area contributed by atoms with E-state index in [-0.39, 0.29) is 42.7 Å². The molecule has 180 valence electrons. The van der Waals surface area contributed by atoms with Crippen molar-refractivity contribution >= 4 is 18.0 Å². The number of amidine groups is 1. The van der Waals surface area contributed by atoms with Gasteiger partial charge in [0.1, 0.15) is 18.2 Å². The molecule has 1 aliphatic heterocycles. The molecule has 2 N–H and O–H groups in total. The van der Waals surface area contributed by atoms with E-state index in [4.69, 9.17) is 10.1 Å². The molecule has 11 heteroatoms. The maximum Gasteiger partial charge on any atom is 0.422 e. The van der Waals surface area contributed by atoms with Gasteiger partial charge in [-0.2, -0.15) is 13.2 Å². The zero-order valence-corrected chi connectivity index (χ0v) is 18.6. The van der Waals surface area contributed by atoms with Crippen LogP contribution in [-0.2, 0) is 9.59 Å². The number of pyridine rings is 1. The van der Waals surface area contributed by atoms with Crippen LogP contribution in [0.5, 0.6) is 5.88 Å². The normalized spacial score (nSPS) is 16.0. The molecule has 2 heterocycles. The average molecular weight is 468 g/mol. The van der Waals surface area contributed by atoms with Gasteiger partial charge in [-0.15, -0.1) is 0 Å². The maximum atomic E-state index is 13.0. The van der Waals surface area contributed by atoms with E-state index in [0.717, 1.165) is 0 Å². The Labute approximate surface area is 189 Å². The minimum Gasteiger partial charge on any atom is -0.468 e. The minimum atomic E-state index is -4.48. The lowest BCUT2D eigenvalue weighted by atomic mass is 10.1. The zero-order chi connectivity index (χ0) is 24.9. The van der Waals surface area contributed by atoms with E-state index in [0.29, 0.717) is 23.0 Å². The highest BCUT2D eigenvalue weighted by Gasteiger charge is 2.35. The van der Waals surface area contributed by atoms with Crippen molar-refractivity contribution in [1.82, 2.24) is 14.8 Å². The Balaban J connectivity index is 2.16. The van der Waals surface area contributed by atoms with Gasteiger partial charge in [0.15, 0.2) is 6.61 Å². The van der Waals surface area contributed by atoms with Crippen LogP contribution in [-0.4, -0.2) is 76.9 Å². The fourth-order valence-corrected chi connectivity index (χ4v) is 3.37. The number of hydrogen-bond acceptors (Lipinski definition) is 6. The summed E-state index contributed by atoms with van der Waals surface area (Å²) in [6.45, 7) is 5.90. The lowest BCUT2D eigenvalue weighted by molar-refractivity contribution is -0.154. The second kappa shape index (κ2) is 10.6. The molecular weight excluding hydrogens is 441 g/mol. The van der Waals surface area contributed by atoms with Crippen molar-refractivity contribution in [3.8, 4) is 5.88 Å². The molecule has 0 saturated carbocycles. The Morgan fingerprint density at radius 2 is 2.15 bits per heavy atom. The fraction of sp³-hybridized carbons (Fsp3) is 0.455. The van der Waals surface area contributed by atoms with E-state index in [1.54, 1.807) is 27.0 Å². The summed E-state index contributed by atoms with van der Waals surface area (Å²) in [7, 11) is 1.62. The van der Waals surface area contributed by atoms with E-state index in [2.05, 4.69) is 11.6 Å². The first-order valence-electron chi connectivity index (χ1n) is 10.2. The predicted molar refractivity (Wildman–Crippen MR) is 115 cm³/mol. The Bertz CT molecular complexity index is 961. The van der Waals surface area contributed by atoms with Gasteiger partial charge in [-0.3, -0.25) is 10.2 Å². The van der Waals surface area contributed by atoms with Crippen molar-refractivity contribution < 1.29 is 32.6 Å². The summed E-state index contributed by atoms with van der Waals surface area (Å²) in [6, 6.07) is 1.13. The molecule has 0 fully saturated rings. The molecule has 8 nitrogen and oxygen atoms in total. The first kappa shape index (κ1) is 26.0. The largest absolute Gasteiger partial charge is 0.468 e. The van der Waals surface area contributed by atoms with E-state index in [1.165, 1.54) is 22.1 Å². The Morgan fingerprint density at radius 1 is 1.48 bits per heavy atom. The third kappa shape index (κ3) is 6.41. The number of aliphatic hydroxyl groups is 1. The third-order valence-electron chi connectivity index (χ3n) is 5.31. The molecule has 0 spiro atoms. The van der Waals surface area contributed by atoms with E-state index in [1.807, 2.05) is 0 Å². The number of likely N-dealkylation sites (N-methyl/N-ethyl adjacent to an activating group) is 1. The number of carbonyl (C=O) groups excluding carboxylic acids is 2. The minimum absolute atomic E-state index is 0.0660. The van der Waals surface area contributed by atoms with Crippen LogP contribution in [0.1, 0.15) is 30.5 Å². The summed E-state index contributed by atoms with van der Waals surface area (Å²) in [6.07, 6.45) is -2.31. The monoisotopic (exact) mass is 468 g/mol. The molecule has 1 amide bonds. The van der Waals surface area contributed by atoms with Crippen molar-refractivity contribution in [2.75, 3.05) is 26.7 Å². The van der Waals surface area contributed by atoms with Gasteiger partial charge in [0, 0.05) is 36.5 Å². The van der Waals surface area contributed by atoms with E-state index >= 15 is 0 Å². The highest BCUT2D eigenvalue weighted by molar-refractivity contribution is 6.11. The van der Waals surface area contributed by atoms with Gasteiger partial charge >= 0.3 is 6.18 Å². The van der Waals surface area contributed by atoms with E-state index < -0.39 is 24.9 Å². The summed E-state index contributed by atoms with van der Waals surface area (Å²) in [5.74, 6) is -0.410. The van der Waals surface area contributed by atoms with Crippen LogP contribution in [0.2, 0.25) is 0 Å². The highest BCUT2D eigenvalue weighted by Crippen LogP contribution is 2.32. The van der Waals surface area contributed by atoms with Crippen molar-refractivity contribution in [2.45, 2.75) is 38.6 Å². The van der Waals surface area contributed by atoms with Gasteiger partial charge in [0.05, 0.1) is 12.6 Å². The van der Waals surface area contributed by atoms with E-state index in [9.17, 15) is 27.9 Å². The molecule has 0 aliphatic carbocycles. The summed E-state index contributed by atoms with van der Waals surface area (Å²) >= 11 is 0. The summed E-state index contributed by atoms with van der Waals surface area (Å²) < 4.78 is 41.9. The van der Waals surface area contributed by atoms with Crippen molar-refractivity contribution in [3.63, 3.8) is 0 Å². The molecule has 1 aromatic heterocycles. The second-order valence-corrected chi connectivity index (χ2v) is 7.76. The van der Waals surface area contributed by atoms with Crippen LogP contribution < -0.4 is 4.74 Å². The van der Waals surface area contributed by atoms with Gasteiger partial charge in [-0.1, -0.05) is 12.7 Å². The molecule has 0 radical (unpaired) electrons. The zero-order valence-electron chi connectivity index (χ0n) is 18.6.